The van der Waals surface area contributed by atoms with Crippen molar-refractivity contribution in [3.05, 3.63) is 28.5 Å². The van der Waals surface area contributed by atoms with Crippen LogP contribution >= 0.6 is 11.6 Å². The zero-order valence-corrected chi connectivity index (χ0v) is 14.4. The number of fused-ring (bicyclic) bond motifs is 1. The monoisotopic (exact) mass is 337 g/mol. The van der Waals surface area contributed by atoms with Crippen molar-refractivity contribution in [1.82, 2.24) is 14.8 Å². The van der Waals surface area contributed by atoms with Crippen molar-refractivity contribution in [2.24, 2.45) is 10.1 Å². The Balaban J connectivity index is 2.05. The van der Waals surface area contributed by atoms with E-state index in [0.717, 1.165) is 31.7 Å². The van der Waals surface area contributed by atoms with E-state index >= 15 is 0 Å². The van der Waals surface area contributed by atoms with E-state index in [4.69, 9.17) is 11.6 Å². The van der Waals surface area contributed by atoms with Gasteiger partial charge in [-0.25, -0.2) is 14.4 Å². The molecule has 2 aliphatic rings. The van der Waals surface area contributed by atoms with E-state index in [1.165, 1.54) is 6.07 Å². The van der Waals surface area contributed by atoms with Crippen LogP contribution in [0.5, 0.6) is 0 Å². The molecule has 0 N–H and O–H groups in total. The summed E-state index contributed by atoms with van der Waals surface area (Å²) in [7, 11) is 2.10. The Hall–Kier alpha value is -1.66. The maximum atomic E-state index is 14.3. The summed E-state index contributed by atoms with van der Waals surface area (Å²) in [4.78, 5) is 9.02. The third-order valence-electron chi connectivity index (χ3n) is 4.32. The molecule has 1 atom stereocenters. The summed E-state index contributed by atoms with van der Waals surface area (Å²) >= 11 is 6.01. The summed E-state index contributed by atoms with van der Waals surface area (Å²) in [6.45, 7) is 7.46. The largest absolute Gasteiger partial charge is 0.338 e. The third kappa shape index (κ3) is 3.05. The summed E-state index contributed by atoms with van der Waals surface area (Å²) < 4.78 is 14.3. The van der Waals surface area contributed by atoms with Gasteiger partial charge in [0.2, 0.25) is 5.96 Å². The van der Waals surface area contributed by atoms with Crippen molar-refractivity contribution >= 4 is 29.5 Å². The molecule has 1 unspecified atom stereocenters. The zero-order chi connectivity index (χ0) is 16.6. The maximum Gasteiger partial charge on any atom is 0.223 e. The lowest BCUT2D eigenvalue weighted by Crippen LogP contribution is -2.52. The fraction of sp³-hybridized carbons (Fsp3) is 0.500. The predicted molar refractivity (Wildman–Crippen MR) is 92.0 cm³/mol. The van der Waals surface area contributed by atoms with Crippen LogP contribution in [0.2, 0.25) is 5.02 Å². The molecule has 0 radical (unpaired) electrons. The van der Waals surface area contributed by atoms with Crippen molar-refractivity contribution in [3.63, 3.8) is 0 Å². The van der Waals surface area contributed by atoms with Gasteiger partial charge in [0.15, 0.2) is 5.82 Å². The van der Waals surface area contributed by atoms with E-state index in [1.54, 1.807) is 12.3 Å². The average Bonchev–Trinajstić information content (AvgIpc) is 2.51. The van der Waals surface area contributed by atoms with Gasteiger partial charge in [0, 0.05) is 43.0 Å². The Morgan fingerprint density at radius 2 is 2.00 bits per heavy atom. The van der Waals surface area contributed by atoms with Crippen LogP contribution in [-0.4, -0.2) is 60.2 Å². The first kappa shape index (κ1) is 16.2. The Labute approximate surface area is 141 Å². The summed E-state index contributed by atoms with van der Waals surface area (Å²) in [5.41, 5.74) is 1.14. The van der Waals surface area contributed by atoms with Gasteiger partial charge in [0.05, 0.1) is 6.04 Å². The highest BCUT2D eigenvalue weighted by atomic mass is 35.5. The number of rotatable bonds is 1. The van der Waals surface area contributed by atoms with Crippen LogP contribution in [0.1, 0.15) is 25.5 Å². The molecule has 0 saturated carbocycles. The van der Waals surface area contributed by atoms with Crippen molar-refractivity contribution in [3.8, 4) is 0 Å². The van der Waals surface area contributed by atoms with Gasteiger partial charge >= 0.3 is 0 Å². The molecule has 2 aliphatic heterocycles. The second-order valence-corrected chi connectivity index (χ2v) is 6.36. The molecule has 0 aromatic heterocycles. The SMILES string of the molecule is C/C=N\N1C(N2CCN(C)CC2)=Nc2c(F)cc(Cl)cc2C1C. The Bertz CT molecular complexity index is 652. The first-order chi connectivity index (χ1) is 11.0. The van der Waals surface area contributed by atoms with Crippen molar-refractivity contribution in [2.75, 3.05) is 33.2 Å². The fourth-order valence-electron chi connectivity index (χ4n) is 2.98. The number of nitrogens with zero attached hydrogens (tertiary/aromatic N) is 5. The molecule has 7 heteroatoms. The van der Waals surface area contributed by atoms with Gasteiger partial charge in [0.25, 0.3) is 0 Å². The number of piperazine rings is 1. The summed E-state index contributed by atoms with van der Waals surface area (Å²) in [5, 5.41) is 6.69. The van der Waals surface area contributed by atoms with Crippen molar-refractivity contribution in [2.45, 2.75) is 19.9 Å². The maximum absolute atomic E-state index is 14.3. The lowest BCUT2D eigenvalue weighted by molar-refractivity contribution is 0.186. The van der Waals surface area contributed by atoms with Crippen LogP contribution in [0.25, 0.3) is 0 Å². The number of likely N-dealkylation sites (N-methyl/N-ethyl adjacent to an activating group) is 1. The topological polar surface area (TPSA) is 34.4 Å². The van der Waals surface area contributed by atoms with Gasteiger partial charge in [-0.15, -0.1) is 0 Å². The summed E-state index contributed by atoms with van der Waals surface area (Å²) in [6.07, 6.45) is 1.73. The highest BCUT2D eigenvalue weighted by Crippen LogP contribution is 2.39. The van der Waals surface area contributed by atoms with E-state index in [2.05, 4.69) is 26.9 Å². The first-order valence-electron chi connectivity index (χ1n) is 7.80. The average molecular weight is 338 g/mol. The smallest absolute Gasteiger partial charge is 0.223 e. The standard InChI is InChI=1S/C16H21ClFN5/c1-4-19-23-11(2)13-9-12(17)10-14(18)15(13)20-16(23)22-7-5-21(3)6-8-22/h4,9-11H,5-8H2,1-3H3/b19-4-. The molecule has 5 nitrogen and oxygen atoms in total. The van der Waals surface area contributed by atoms with Crippen LogP contribution < -0.4 is 0 Å². The second-order valence-electron chi connectivity index (χ2n) is 5.92. The molecule has 0 bridgehead atoms. The van der Waals surface area contributed by atoms with Crippen molar-refractivity contribution < 1.29 is 4.39 Å². The summed E-state index contributed by atoms with van der Waals surface area (Å²) in [5.74, 6) is 0.323. The fourth-order valence-corrected chi connectivity index (χ4v) is 3.19. The molecule has 0 amide bonds. The second kappa shape index (κ2) is 6.45. The van der Waals surface area contributed by atoms with Gasteiger partial charge in [-0.2, -0.15) is 5.10 Å². The van der Waals surface area contributed by atoms with Gasteiger partial charge in [-0.3, -0.25) is 0 Å². The minimum Gasteiger partial charge on any atom is -0.338 e. The number of halogens is 2. The molecular formula is C16H21ClFN5. The Kier molecular flexibility index (Phi) is 4.55. The number of benzene rings is 1. The van der Waals surface area contributed by atoms with Crippen LogP contribution in [0.3, 0.4) is 0 Å². The predicted octanol–water partition coefficient (Wildman–Crippen LogP) is 3.10. The number of hydrogen-bond donors (Lipinski definition) is 0. The van der Waals surface area contributed by atoms with Gasteiger partial charge in [-0.05, 0) is 33.0 Å². The van der Waals surface area contributed by atoms with E-state index in [0.29, 0.717) is 16.7 Å². The minimum absolute atomic E-state index is 0.124. The third-order valence-corrected chi connectivity index (χ3v) is 4.54. The molecule has 23 heavy (non-hydrogen) atoms. The van der Waals surface area contributed by atoms with E-state index < -0.39 is 0 Å². The number of aliphatic imine (C=N–C) groups is 1. The molecule has 1 saturated heterocycles. The van der Waals surface area contributed by atoms with Crippen molar-refractivity contribution in [1.29, 1.82) is 0 Å². The highest BCUT2D eigenvalue weighted by molar-refractivity contribution is 6.30. The lowest BCUT2D eigenvalue weighted by atomic mass is 10.0. The van der Waals surface area contributed by atoms with E-state index in [-0.39, 0.29) is 11.9 Å². The molecule has 3 rings (SSSR count). The molecule has 124 valence electrons. The van der Waals surface area contributed by atoms with Crippen LogP contribution in [-0.2, 0) is 0 Å². The molecule has 0 aliphatic carbocycles. The van der Waals surface area contributed by atoms with E-state index in [9.17, 15) is 4.39 Å². The Morgan fingerprint density at radius 1 is 1.30 bits per heavy atom. The van der Waals surface area contributed by atoms with Gasteiger partial charge in [0.1, 0.15) is 5.69 Å². The molecule has 1 fully saturated rings. The van der Waals surface area contributed by atoms with Gasteiger partial charge in [-0.1, -0.05) is 11.6 Å². The first-order valence-corrected chi connectivity index (χ1v) is 8.18. The molecule has 0 spiro atoms. The zero-order valence-electron chi connectivity index (χ0n) is 13.6. The minimum atomic E-state index is -0.383. The number of hydrogen-bond acceptors (Lipinski definition) is 5. The molecule has 1 aromatic rings. The lowest BCUT2D eigenvalue weighted by Gasteiger charge is -2.41. The highest BCUT2D eigenvalue weighted by Gasteiger charge is 2.33. The molecular weight excluding hydrogens is 317 g/mol. The van der Waals surface area contributed by atoms with Crippen LogP contribution in [0.15, 0.2) is 22.2 Å². The normalized spacial score (nSPS) is 22.5. The number of guanidine groups is 1. The number of hydrazone groups is 1. The van der Waals surface area contributed by atoms with Crippen LogP contribution in [0.4, 0.5) is 10.1 Å². The molecule has 2 heterocycles. The van der Waals surface area contributed by atoms with Crippen LogP contribution in [0, 0.1) is 5.82 Å². The van der Waals surface area contributed by atoms with E-state index in [1.807, 2.05) is 18.9 Å². The summed E-state index contributed by atoms with van der Waals surface area (Å²) in [6, 6.07) is 2.96. The molecule has 1 aromatic carbocycles. The van der Waals surface area contributed by atoms with Gasteiger partial charge < -0.3 is 9.80 Å². The Morgan fingerprint density at radius 3 is 2.65 bits per heavy atom. The quantitative estimate of drug-likeness (QED) is 0.739.